The molecule has 8 nitrogen and oxygen atoms in total. The second kappa shape index (κ2) is 11.3. The third-order valence-corrected chi connectivity index (χ3v) is 9.90. The summed E-state index contributed by atoms with van der Waals surface area (Å²) in [7, 11) is 0. The summed E-state index contributed by atoms with van der Waals surface area (Å²) in [5.41, 5.74) is 0.111. The van der Waals surface area contributed by atoms with Gasteiger partial charge in [0.1, 0.15) is 11.0 Å². The maximum Gasteiger partial charge on any atom is 0.416 e. The van der Waals surface area contributed by atoms with E-state index in [9.17, 15) is 32.3 Å². The largest absolute Gasteiger partial charge is 0.484 e. The Morgan fingerprint density at radius 1 is 1.00 bits per heavy atom. The number of thioether (sulfide) groups is 1. The molecule has 14 heteroatoms. The molecule has 43 heavy (non-hydrogen) atoms. The average Bonchev–Trinajstić information content (AvgIpc) is 3.46. The van der Waals surface area contributed by atoms with Gasteiger partial charge in [0.15, 0.2) is 6.61 Å². The number of aromatic amines is 1. The number of benzene rings is 3. The van der Waals surface area contributed by atoms with Crippen LogP contribution in [0.4, 0.5) is 24.5 Å². The second-order valence-electron chi connectivity index (χ2n) is 9.73. The third-order valence-electron chi connectivity index (χ3n) is 6.97. The molecule has 1 aromatic heterocycles. The van der Waals surface area contributed by atoms with Crippen LogP contribution in [-0.2, 0) is 20.6 Å². The zero-order chi connectivity index (χ0) is 30.5. The van der Waals surface area contributed by atoms with Crippen LogP contribution in [0.2, 0.25) is 0 Å². The Kier molecular flexibility index (Phi) is 7.69. The maximum atomic E-state index is 13.8. The molecule has 1 saturated heterocycles. The Balaban J connectivity index is 1.25. The number of H-pyrrole nitrogens is 1. The molecule has 6 rings (SSSR count). The maximum absolute atomic E-state index is 13.8. The van der Waals surface area contributed by atoms with Gasteiger partial charge >= 0.3 is 11.0 Å². The first-order chi connectivity index (χ1) is 20.5. The first kappa shape index (κ1) is 29.2. The zero-order valence-corrected chi connectivity index (χ0v) is 24.9. The molecule has 2 N–H and O–H groups in total. The molecule has 3 heterocycles. The van der Waals surface area contributed by atoms with Crippen LogP contribution in [0.15, 0.2) is 87.1 Å². The highest BCUT2D eigenvalue weighted by molar-refractivity contribution is 9.10. The van der Waals surface area contributed by atoms with Crippen LogP contribution in [0, 0.1) is 5.92 Å². The summed E-state index contributed by atoms with van der Waals surface area (Å²) in [5.74, 6) is -2.65. The Morgan fingerprint density at radius 3 is 2.49 bits per heavy atom. The minimum atomic E-state index is -4.55. The van der Waals surface area contributed by atoms with E-state index in [-0.39, 0.29) is 22.2 Å². The molecule has 0 saturated carbocycles. The highest BCUT2D eigenvalue weighted by atomic mass is 79.9. The Bertz CT molecular complexity index is 1810. The molecule has 2 aliphatic heterocycles. The Hall–Kier alpha value is -3.88. The van der Waals surface area contributed by atoms with Gasteiger partial charge in [-0.2, -0.15) is 13.2 Å². The summed E-state index contributed by atoms with van der Waals surface area (Å²) in [4.78, 5) is 56.5. The fourth-order valence-electron chi connectivity index (χ4n) is 5.14. The number of ether oxygens (including phenoxy) is 1. The molecule has 0 spiro atoms. The van der Waals surface area contributed by atoms with Crippen LogP contribution in [0.3, 0.4) is 0 Å². The molecule has 3 atom stereocenters. The van der Waals surface area contributed by atoms with Gasteiger partial charge in [0.2, 0.25) is 11.8 Å². The lowest BCUT2D eigenvalue weighted by molar-refractivity contribution is -0.137. The van der Waals surface area contributed by atoms with Crippen LogP contribution in [0.1, 0.15) is 21.9 Å². The van der Waals surface area contributed by atoms with Crippen LogP contribution in [-0.4, -0.2) is 34.6 Å². The van der Waals surface area contributed by atoms with Crippen molar-refractivity contribution in [1.29, 1.82) is 0 Å². The number of anilines is 2. The first-order valence-corrected chi connectivity index (χ1v) is 15.2. The van der Waals surface area contributed by atoms with Crippen molar-refractivity contribution in [2.24, 2.45) is 5.92 Å². The second-order valence-corrected chi connectivity index (χ2v) is 12.8. The minimum Gasteiger partial charge on any atom is -0.484 e. The van der Waals surface area contributed by atoms with E-state index in [0.717, 1.165) is 39.7 Å². The Labute approximate surface area is 258 Å². The quantitative estimate of drug-likeness (QED) is 0.240. The van der Waals surface area contributed by atoms with Crippen molar-refractivity contribution in [3.8, 4) is 5.75 Å². The smallest absolute Gasteiger partial charge is 0.416 e. The van der Waals surface area contributed by atoms with Gasteiger partial charge in [0.05, 0.1) is 22.2 Å². The predicted octanol–water partition coefficient (Wildman–Crippen LogP) is 6.03. The molecule has 4 aromatic rings. The SMILES string of the molecule is O=C(COc1cccc([C@@H]2c3sc(=O)[nH]c3S[C@H]3C(=O)N(c4ccc(Br)cc4)C(=O)[C@@H]23)c1)Nc1cccc(C(F)(F)F)c1. The standard InChI is InChI=1S/C29H19BrF3N3O5S2/c30-16-7-9-18(10-8-16)36-26(38)22-21(23-25(35-28(40)43-23)42-24(22)27(36)39)14-3-1-6-19(11-14)41-13-20(37)34-17-5-2-4-15(12-17)29(31,32)33/h1-12,21-22,24H,13H2,(H,34,37)(H,35,40)/t21-,22-,24+/m0/s1. The van der Waals surface area contributed by atoms with E-state index in [0.29, 0.717) is 21.2 Å². The summed E-state index contributed by atoms with van der Waals surface area (Å²) in [6, 6.07) is 17.7. The number of amides is 3. The van der Waals surface area contributed by atoms with E-state index in [4.69, 9.17) is 4.74 Å². The van der Waals surface area contributed by atoms with Gasteiger partial charge in [-0.25, -0.2) is 4.90 Å². The van der Waals surface area contributed by atoms with E-state index in [1.165, 1.54) is 17.0 Å². The minimum absolute atomic E-state index is 0.0300. The molecule has 3 aromatic carbocycles. The average molecular weight is 691 g/mol. The van der Waals surface area contributed by atoms with E-state index >= 15 is 0 Å². The predicted molar refractivity (Wildman–Crippen MR) is 159 cm³/mol. The topological polar surface area (TPSA) is 109 Å². The Morgan fingerprint density at radius 2 is 1.74 bits per heavy atom. The van der Waals surface area contributed by atoms with Crippen molar-refractivity contribution in [2.45, 2.75) is 22.4 Å². The van der Waals surface area contributed by atoms with E-state index < -0.39 is 47.2 Å². The fourth-order valence-corrected chi connectivity index (χ4v) is 7.92. The molecule has 1 fully saturated rings. The number of aromatic nitrogens is 1. The number of carbonyl (C=O) groups excluding carboxylic acids is 3. The number of alkyl halides is 3. The number of thiazole rings is 1. The highest BCUT2D eigenvalue weighted by Gasteiger charge is 2.56. The molecule has 0 radical (unpaired) electrons. The molecule has 0 bridgehead atoms. The van der Waals surface area contributed by atoms with Gasteiger partial charge in [0, 0.05) is 21.0 Å². The molecular formula is C29H19BrF3N3O5S2. The van der Waals surface area contributed by atoms with Crippen molar-refractivity contribution in [3.05, 3.63) is 103 Å². The lowest BCUT2D eigenvalue weighted by Crippen LogP contribution is -2.32. The number of hydrogen-bond acceptors (Lipinski definition) is 7. The van der Waals surface area contributed by atoms with Gasteiger partial charge in [-0.1, -0.05) is 57.2 Å². The number of halogens is 4. The van der Waals surface area contributed by atoms with Crippen LogP contribution in [0.25, 0.3) is 0 Å². The van der Waals surface area contributed by atoms with Crippen molar-refractivity contribution in [1.82, 2.24) is 4.98 Å². The van der Waals surface area contributed by atoms with Gasteiger partial charge < -0.3 is 15.0 Å². The molecule has 0 aliphatic carbocycles. The van der Waals surface area contributed by atoms with E-state index in [1.54, 1.807) is 48.5 Å². The van der Waals surface area contributed by atoms with Crippen LogP contribution in [0.5, 0.6) is 5.75 Å². The normalized spacial score (nSPS) is 19.6. The summed E-state index contributed by atoms with van der Waals surface area (Å²) in [5, 5.41) is 2.13. The van der Waals surface area contributed by atoms with E-state index in [1.807, 2.05) is 0 Å². The number of hydrogen-bond donors (Lipinski definition) is 2. The molecule has 0 unspecified atom stereocenters. The lowest BCUT2D eigenvalue weighted by atomic mass is 9.83. The highest BCUT2D eigenvalue weighted by Crippen LogP contribution is 2.53. The van der Waals surface area contributed by atoms with Gasteiger partial charge in [-0.05, 0) is 60.2 Å². The molecule has 2 aliphatic rings. The number of rotatable bonds is 6. The number of nitrogens with one attached hydrogen (secondary N) is 2. The van der Waals surface area contributed by atoms with E-state index in [2.05, 4.69) is 26.2 Å². The summed E-state index contributed by atoms with van der Waals surface area (Å²) in [6.07, 6.45) is -4.55. The third kappa shape index (κ3) is 5.74. The monoisotopic (exact) mass is 689 g/mol. The zero-order valence-electron chi connectivity index (χ0n) is 21.7. The van der Waals surface area contributed by atoms with Crippen molar-refractivity contribution in [2.75, 3.05) is 16.8 Å². The summed E-state index contributed by atoms with van der Waals surface area (Å²) < 4.78 is 45.5. The fraction of sp³-hybridized carbons (Fsp3) is 0.172. The van der Waals surface area contributed by atoms with Crippen LogP contribution < -0.4 is 19.8 Å². The molecule has 3 amide bonds. The summed E-state index contributed by atoms with van der Waals surface area (Å²) in [6.45, 7) is -0.496. The lowest BCUT2D eigenvalue weighted by Gasteiger charge is -2.30. The number of carbonyl (C=O) groups is 3. The number of fused-ring (bicyclic) bond motifs is 2. The number of nitrogens with zero attached hydrogens (tertiary/aromatic N) is 1. The van der Waals surface area contributed by atoms with Crippen molar-refractivity contribution in [3.63, 3.8) is 0 Å². The number of imide groups is 1. The molecule has 220 valence electrons. The summed E-state index contributed by atoms with van der Waals surface area (Å²) >= 11 is 5.49. The van der Waals surface area contributed by atoms with Crippen molar-refractivity contribution >= 4 is 68.1 Å². The van der Waals surface area contributed by atoms with Gasteiger partial charge in [0.25, 0.3) is 5.91 Å². The van der Waals surface area contributed by atoms with Crippen LogP contribution >= 0.6 is 39.0 Å². The van der Waals surface area contributed by atoms with Crippen molar-refractivity contribution < 1.29 is 32.3 Å². The molecular weight excluding hydrogens is 671 g/mol. The van der Waals surface area contributed by atoms with Gasteiger partial charge in [-0.3, -0.25) is 19.2 Å². The first-order valence-electron chi connectivity index (χ1n) is 12.7. The van der Waals surface area contributed by atoms with Gasteiger partial charge in [-0.15, -0.1) is 0 Å².